The summed E-state index contributed by atoms with van der Waals surface area (Å²) in [5, 5.41) is 2.54. The van der Waals surface area contributed by atoms with Crippen LogP contribution in [0.1, 0.15) is 29.7 Å². The minimum absolute atomic E-state index is 0.249. The van der Waals surface area contributed by atoms with Gasteiger partial charge in [-0.3, -0.25) is 4.79 Å². The van der Waals surface area contributed by atoms with Crippen molar-refractivity contribution >= 4 is 34.4 Å². The van der Waals surface area contributed by atoms with Crippen molar-refractivity contribution in [2.24, 2.45) is 0 Å². The van der Waals surface area contributed by atoms with Crippen LogP contribution in [0.3, 0.4) is 0 Å². The Kier molecular flexibility index (Phi) is 4.77. The summed E-state index contributed by atoms with van der Waals surface area (Å²) in [5.74, 6) is -0.320. The smallest absolute Gasteiger partial charge is 0.321 e. The summed E-state index contributed by atoms with van der Waals surface area (Å²) in [6.07, 6.45) is -3.90. The van der Waals surface area contributed by atoms with E-state index in [0.717, 1.165) is 17.7 Å². The molecular weight excluding hydrogens is 403 g/mol. The molecule has 1 unspecified atom stereocenters. The maximum atomic E-state index is 13.0. The molecule has 0 aliphatic carbocycles. The Morgan fingerprint density at radius 3 is 2.66 bits per heavy atom. The molecular formula is C20H16F3N3O2S. The van der Waals surface area contributed by atoms with Gasteiger partial charge in [-0.25, -0.2) is 4.79 Å². The van der Waals surface area contributed by atoms with Gasteiger partial charge in [-0.15, -0.1) is 11.8 Å². The minimum atomic E-state index is -4.40. The van der Waals surface area contributed by atoms with Gasteiger partial charge >= 0.3 is 11.9 Å². The number of amides is 1. The number of fused-ring (bicyclic) bond motifs is 1. The van der Waals surface area contributed by atoms with Crippen LogP contribution >= 0.6 is 11.8 Å². The summed E-state index contributed by atoms with van der Waals surface area (Å²) in [6, 6.07) is 10.2. The topological polar surface area (TPSA) is 77.8 Å². The molecule has 4 rings (SSSR count). The Morgan fingerprint density at radius 1 is 1.14 bits per heavy atom. The fourth-order valence-corrected chi connectivity index (χ4v) is 4.65. The summed E-state index contributed by atoms with van der Waals surface area (Å²) >= 11 is 1.26. The molecule has 0 spiro atoms. The van der Waals surface area contributed by atoms with Gasteiger partial charge in [0.15, 0.2) is 0 Å². The number of nitrogens with one attached hydrogen (secondary N) is 3. The molecule has 0 bridgehead atoms. The van der Waals surface area contributed by atoms with Crippen LogP contribution in [0.25, 0.3) is 11.0 Å². The Labute approximate surface area is 167 Å². The monoisotopic (exact) mass is 419 g/mol. The average molecular weight is 419 g/mol. The van der Waals surface area contributed by atoms with Crippen LogP contribution in [0.15, 0.2) is 57.7 Å². The number of hydrogen-bond acceptors (Lipinski definition) is 3. The molecule has 0 saturated heterocycles. The Balaban J connectivity index is 1.51. The van der Waals surface area contributed by atoms with E-state index in [0.29, 0.717) is 33.6 Å². The third-order valence-corrected chi connectivity index (χ3v) is 6.20. The predicted molar refractivity (Wildman–Crippen MR) is 107 cm³/mol. The van der Waals surface area contributed by atoms with Crippen LogP contribution < -0.4 is 11.0 Å². The molecule has 0 radical (unpaired) electrons. The number of allylic oxidation sites excluding steroid dienone is 1. The van der Waals surface area contributed by atoms with Crippen LogP contribution in [-0.4, -0.2) is 15.9 Å². The lowest BCUT2D eigenvalue weighted by molar-refractivity contribution is -0.137. The van der Waals surface area contributed by atoms with Crippen molar-refractivity contribution in [3.05, 3.63) is 74.6 Å². The number of carbonyl (C=O) groups is 1. The lowest BCUT2D eigenvalue weighted by atomic mass is 10.0. The molecule has 1 aromatic heterocycles. The normalized spacial score (nSPS) is 17.2. The van der Waals surface area contributed by atoms with Crippen molar-refractivity contribution < 1.29 is 18.0 Å². The van der Waals surface area contributed by atoms with Crippen molar-refractivity contribution in [1.29, 1.82) is 0 Å². The van der Waals surface area contributed by atoms with E-state index >= 15 is 0 Å². The number of imidazole rings is 1. The summed E-state index contributed by atoms with van der Waals surface area (Å²) in [6.45, 7) is 1.81. The molecule has 150 valence electrons. The van der Waals surface area contributed by atoms with Gasteiger partial charge in [-0.05, 0) is 43.2 Å². The quantitative estimate of drug-likeness (QED) is 0.561. The highest BCUT2D eigenvalue weighted by molar-refractivity contribution is 8.04. The summed E-state index contributed by atoms with van der Waals surface area (Å²) in [4.78, 5) is 29.8. The second kappa shape index (κ2) is 7.14. The SMILES string of the molecule is CC1=C(C(=O)Nc2ccc3[nH]c(=O)[nH]c3c2)SC(c2cccc(C(F)(F)F)c2)C1. The van der Waals surface area contributed by atoms with Gasteiger partial charge in [-0.1, -0.05) is 23.8 Å². The van der Waals surface area contributed by atoms with Crippen molar-refractivity contribution in [3.63, 3.8) is 0 Å². The van der Waals surface area contributed by atoms with E-state index < -0.39 is 11.7 Å². The molecule has 2 aromatic carbocycles. The molecule has 1 atom stereocenters. The number of hydrogen-bond donors (Lipinski definition) is 3. The van der Waals surface area contributed by atoms with E-state index in [1.165, 1.54) is 17.8 Å². The van der Waals surface area contributed by atoms with Crippen molar-refractivity contribution in [2.75, 3.05) is 5.32 Å². The van der Waals surface area contributed by atoms with Gasteiger partial charge in [0, 0.05) is 10.9 Å². The Hall–Kier alpha value is -2.94. The number of H-pyrrole nitrogens is 2. The van der Waals surface area contributed by atoms with Crippen LogP contribution in [0.4, 0.5) is 18.9 Å². The van der Waals surface area contributed by atoms with E-state index in [1.54, 1.807) is 24.3 Å². The standard InChI is InChI=1S/C20H16F3N3O2S/c1-10-7-16(11-3-2-4-12(8-11)20(21,22)23)29-17(10)18(27)24-13-5-6-14-15(9-13)26-19(28)25-14/h2-6,8-9,16H,7H2,1H3,(H,24,27)(H2,25,26,28). The maximum absolute atomic E-state index is 13.0. The zero-order valence-corrected chi connectivity index (χ0v) is 16.0. The Morgan fingerprint density at radius 2 is 1.90 bits per heavy atom. The first kappa shape index (κ1) is 19.4. The van der Waals surface area contributed by atoms with Gasteiger partial charge in [-0.2, -0.15) is 13.2 Å². The molecule has 1 aliphatic heterocycles. The van der Waals surface area contributed by atoms with Gasteiger partial charge in [0.25, 0.3) is 5.91 Å². The second-order valence-corrected chi connectivity index (χ2v) is 8.05. The van der Waals surface area contributed by atoms with E-state index in [1.807, 2.05) is 6.92 Å². The molecule has 0 saturated carbocycles. The van der Waals surface area contributed by atoms with Gasteiger partial charge in [0.1, 0.15) is 0 Å². The Bertz CT molecular complexity index is 1190. The fraction of sp³-hybridized carbons (Fsp3) is 0.200. The van der Waals surface area contributed by atoms with Crippen LogP contribution in [0.2, 0.25) is 0 Å². The molecule has 0 fully saturated rings. The maximum Gasteiger partial charge on any atom is 0.416 e. The number of benzene rings is 2. The zero-order valence-electron chi connectivity index (χ0n) is 15.2. The van der Waals surface area contributed by atoms with Gasteiger partial charge < -0.3 is 15.3 Å². The number of carbonyl (C=O) groups excluding carboxylic acids is 1. The predicted octanol–water partition coefficient (Wildman–Crippen LogP) is 4.97. The number of anilines is 1. The lowest BCUT2D eigenvalue weighted by Gasteiger charge is -2.13. The molecule has 29 heavy (non-hydrogen) atoms. The highest BCUT2D eigenvalue weighted by Gasteiger charge is 2.33. The number of aromatic amines is 2. The number of thioether (sulfide) groups is 1. The molecule has 5 nitrogen and oxygen atoms in total. The number of rotatable bonds is 3. The third kappa shape index (κ3) is 3.95. The number of aromatic nitrogens is 2. The highest BCUT2D eigenvalue weighted by Crippen LogP contribution is 2.48. The van der Waals surface area contributed by atoms with E-state index in [2.05, 4.69) is 15.3 Å². The molecule has 3 N–H and O–H groups in total. The van der Waals surface area contributed by atoms with Crippen molar-refractivity contribution in [3.8, 4) is 0 Å². The van der Waals surface area contributed by atoms with Gasteiger partial charge in [0.2, 0.25) is 0 Å². The first-order chi connectivity index (χ1) is 13.7. The first-order valence-corrected chi connectivity index (χ1v) is 9.65. The summed E-state index contributed by atoms with van der Waals surface area (Å²) in [5.41, 5.74) is 2.05. The largest absolute Gasteiger partial charge is 0.416 e. The summed E-state index contributed by atoms with van der Waals surface area (Å²) < 4.78 is 39.0. The highest BCUT2D eigenvalue weighted by atomic mass is 32.2. The second-order valence-electron chi connectivity index (χ2n) is 6.84. The molecule has 9 heteroatoms. The minimum Gasteiger partial charge on any atom is -0.321 e. The first-order valence-electron chi connectivity index (χ1n) is 8.77. The van der Waals surface area contributed by atoms with Crippen LogP contribution in [0, 0.1) is 0 Å². The van der Waals surface area contributed by atoms with E-state index in [4.69, 9.17) is 0 Å². The number of alkyl halides is 3. The van der Waals surface area contributed by atoms with Crippen LogP contribution in [0.5, 0.6) is 0 Å². The van der Waals surface area contributed by atoms with E-state index in [9.17, 15) is 22.8 Å². The zero-order chi connectivity index (χ0) is 20.8. The molecule has 1 aliphatic rings. The van der Waals surface area contributed by atoms with E-state index in [-0.39, 0.29) is 16.8 Å². The van der Waals surface area contributed by atoms with Crippen LogP contribution in [-0.2, 0) is 11.0 Å². The van der Waals surface area contributed by atoms with Crippen molar-refractivity contribution in [2.45, 2.75) is 24.8 Å². The van der Waals surface area contributed by atoms with Gasteiger partial charge in [0.05, 0.1) is 21.5 Å². The third-order valence-electron chi connectivity index (χ3n) is 4.71. The lowest BCUT2D eigenvalue weighted by Crippen LogP contribution is -2.12. The molecule has 2 heterocycles. The average Bonchev–Trinajstić information content (AvgIpc) is 3.22. The number of halogens is 3. The van der Waals surface area contributed by atoms with Crippen molar-refractivity contribution in [1.82, 2.24) is 9.97 Å². The summed E-state index contributed by atoms with van der Waals surface area (Å²) in [7, 11) is 0. The molecule has 3 aromatic rings. The molecule has 1 amide bonds. The fourth-order valence-electron chi connectivity index (χ4n) is 3.30.